The number of nitro groups is 2. The number of benzene rings is 2. The van der Waals surface area contributed by atoms with Crippen LogP contribution in [0.4, 0.5) is 22.7 Å². The van der Waals surface area contributed by atoms with E-state index < -0.39 is 21.2 Å². The van der Waals surface area contributed by atoms with Crippen LogP contribution in [0.2, 0.25) is 0 Å². The first-order valence-electron chi connectivity index (χ1n) is 20.8. The summed E-state index contributed by atoms with van der Waals surface area (Å²) >= 11 is 0. The van der Waals surface area contributed by atoms with Gasteiger partial charge in [-0.2, -0.15) is 5.11 Å². The van der Waals surface area contributed by atoms with Crippen LogP contribution in [0.1, 0.15) is 88.2 Å². The molecule has 2 aromatic carbocycles. The van der Waals surface area contributed by atoms with Crippen molar-refractivity contribution < 1.29 is 38.6 Å². The molecule has 10 bridgehead atoms. The molecule has 8 fully saturated rings. The number of azo groups is 1. The number of fused-ring (bicyclic) bond motifs is 2. The van der Waals surface area contributed by atoms with Crippen molar-refractivity contribution in [3.8, 4) is 5.75 Å². The van der Waals surface area contributed by atoms with Gasteiger partial charge in [-0.3, -0.25) is 20.2 Å². The fourth-order valence-corrected chi connectivity index (χ4v) is 13.1. The normalized spacial score (nSPS) is 37.4. The summed E-state index contributed by atoms with van der Waals surface area (Å²) in [6.07, 6.45) is 14.7. The highest BCUT2D eigenvalue weighted by Crippen LogP contribution is 2.63. The SMILES string of the molecule is O=[N+]([O-])c1ccc(N=Nc2cc3c(O)c(c2)COC[C@H](C24CC5CC(CC(C5)C2)C4)OCCOCCOC(C24CC5CC(CC(C5)C2)C4)COC3)c([N+](=O)[O-])c1. The van der Waals surface area contributed by atoms with Crippen molar-refractivity contribution in [1.82, 2.24) is 0 Å². The van der Waals surface area contributed by atoms with Gasteiger partial charge in [-0.15, -0.1) is 5.11 Å². The van der Waals surface area contributed by atoms with Gasteiger partial charge in [0.25, 0.3) is 5.69 Å². The van der Waals surface area contributed by atoms with Crippen LogP contribution < -0.4 is 0 Å². The molecule has 11 rings (SSSR count). The van der Waals surface area contributed by atoms with Gasteiger partial charge in [-0.25, -0.2) is 0 Å². The Labute approximate surface area is 327 Å². The molecule has 8 saturated carbocycles. The average Bonchev–Trinajstić information content (AvgIpc) is 3.15. The topological polar surface area (TPSA) is 177 Å². The average molecular weight is 775 g/mol. The number of hydrogen-bond acceptors (Lipinski definition) is 12. The summed E-state index contributed by atoms with van der Waals surface area (Å²) in [7, 11) is 0. The minimum absolute atomic E-state index is 0.0410. The number of nitrogens with zero attached hydrogens (tertiary/aromatic N) is 4. The van der Waals surface area contributed by atoms with Crippen LogP contribution in [-0.4, -0.2) is 66.8 Å². The number of nitro benzene ring substituents is 2. The van der Waals surface area contributed by atoms with E-state index in [1.165, 1.54) is 44.6 Å². The van der Waals surface area contributed by atoms with E-state index in [0.29, 0.717) is 56.5 Å². The molecule has 1 heterocycles. The van der Waals surface area contributed by atoms with Crippen molar-refractivity contribution in [3.63, 3.8) is 0 Å². The van der Waals surface area contributed by atoms with Gasteiger partial charge >= 0.3 is 5.69 Å². The Morgan fingerprint density at radius 1 is 0.607 bits per heavy atom. The Hall–Kier alpha value is -3.56. The molecule has 302 valence electrons. The first-order valence-corrected chi connectivity index (χ1v) is 20.8. The molecule has 9 aliphatic rings. The van der Waals surface area contributed by atoms with Crippen LogP contribution in [0.5, 0.6) is 5.75 Å². The summed E-state index contributed by atoms with van der Waals surface area (Å²) in [6, 6.07) is 6.57. The van der Waals surface area contributed by atoms with Crippen LogP contribution in [0, 0.1) is 66.6 Å². The van der Waals surface area contributed by atoms with Gasteiger partial charge in [0.1, 0.15) is 5.75 Å². The fourth-order valence-electron chi connectivity index (χ4n) is 13.1. The highest BCUT2D eigenvalue weighted by Gasteiger charge is 2.56. The van der Waals surface area contributed by atoms with Gasteiger partial charge in [-0.1, -0.05) is 0 Å². The maximum atomic E-state index is 11.8. The van der Waals surface area contributed by atoms with E-state index in [1.54, 1.807) is 12.1 Å². The largest absolute Gasteiger partial charge is 0.507 e. The maximum absolute atomic E-state index is 11.8. The second-order valence-electron chi connectivity index (χ2n) is 18.4. The molecule has 56 heavy (non-hydrogen) atoms. The van der Waals surface area contributed by atoms with Gasteiger partial charge in [0, 0.05) is 17.2 Å². The van der Waals surface area contributed by atoms with Crippen LogP contribution in [0.25, 0.3) is 0 Å². The summed E-state index contributed by atoms with van der Waals surface area (Å²) in [5.41, 5.74) is 0.383. The summed E-state index contributed by atoms with van der Waals surface area (Å²) in [6.45, 7) is 2.81. The third-order valence-corrected chi connectivity index (χ3v) is 14.6. The van der Waals surface area contributed by atoms with Gasteiger partial charge in [0.2, 0.25) is 0 Å². The van der Waals surface area contributed by atoms with E-state index in [-0.39, 0.29) is 47.7 Å². The molecule has 1 aliphatic heterocycles. The lowest BCUT2D eigenvalue weighted by molar-refractivity contribution is -0.393. The number of ether oxygens (including phenoxy) is 5. The Morgan fingerprint density at radius 2 is 1.07 bits per heavy atom. The monoisotopic (exact) mass is 774 g/mol. The summed E-state index contributed by atoms with van der Waals surface area (Å²) < 4.78 is 32.4. The summed E-state index contributed by atoms with van der Waals surface area (Å²) in [5.74, 6) is 4.50. The molecule has 0 radical (unpaired) electrons. The minimum atomic E-state index is -0.716. The molecular formula is C42H54N4O10. The van der Waals surface area contributed by atoms with Crippen molar-refractivity contribution in [2.75, 3.05) is 39.6 Å². The lowest BCUT2D eigenvalue weighted by Crippen LogP contribution is -2.54. The smallest absolute Gasteiger partial charge is 0.303 e. The van der Waals surface area contributed by atoms with E-state index >= 15 is 0 Å². The molecule has 1 N–H and O–H groups in total. The Balaban J connectivity index is 0.997. The fraction of sp³-hybridized carbons (Fsp3) is 0.714. The zero-order valence-electron chi connectivity index (χ0n) is 32.1. The van der Waals surface area contributed by atoms with Crippen molar-refractivity contribution in [2.45, 2.75) is 102 Å². The minimum Gasteiger partial charge on any atom is -0.507 e. The number of phenols is 1. The molecule has 0 aromatic heterocycles. The molecular weight excluding hydrogens is 720 g/mol. The molecule has 0 saturated heterocycles. The molecule has 14 nitrogen and oxygen atoms in total. The third-order valence-electron chi connectivity index (χ3n) is 14.6. The van der Waals surface area contributed by atoms with Gasteiger partial charge in [-0.05, 0) is 142 Å². The number of phenolic OH excluding ortho intramolecular Hbond substituents is 1. The molecule has 2 atom stereocenters. The van der Waals surface area contributed by atoms with Crippen molar-refractivity contribution in [2.24, 2.45) is 56.6 Å². The van der Waals surface area contributed by atoms with Crippen LogP contribution in [-0.2, 0) is 36.9 Å². The zero-order chi connectivity index (χ0) is 38.4. The van der Waals surface area contributed by atoms with Gasteiger partial charge in [0.05, 0.1) is 86.7 Å². The number of non-ortho nitro benzene ring substituents is 1. The Kier molecular flexibility index (Phi) is 10.6. The first kappa shape index (κ1) is 38.0. The molecule has 0 amide bonds. The van der Waals surface area contributed by atoms with E-state index in [1.807, 2.05) is 0 Å². The number of rotatable bonds is 6. The lowest BCUT2D eigenvalue weighted by atomic mass is 9.48. The van der Waals surface area contributed by atoms with E-state index in [9.17, 15) is 25.3 Å². The quantitative estimate of drug-likeness (QED) is 0.169. The predicted molar refractivity (Wildman–Crippen MR) is 203 cm³/mol. The highest BCUT2D eigenvalue weighted by atomic mass is 16.6. The molecule has 1 unspecified atom stereocenters. The van der Waals surface area contributed by atoms with Crippen molar-refractivity contribution >= 4 is 22.7 Å². The highest BCUT2D eigenvalue weighted by molar-refractivity contribution is 5.62. The van der Waals surface area contributed by atoms with Crippen LogP contribution in [0.3, 0.4) is 0 Å². The number of hydrogen-bond donors (Lipinski definition) is 1. The second kappa shape index (κ2) is 15.7. The van der Waals surface area contributed by atoms with Gasteiger partial charge < -0.3 is 28.8 Å². The van der Waals surface area contributed by atoms with Crippen molar-refractivity contribution in [3.05, 3.63) is 61.7 Å². The second-order valence-corrected chi connectivity index (χ2v) is 18.4. The summed E-state index contributed by atoms with van der Waals surface area (Å²) in [4.78, 5) is 21.7. The Morgan fingerprint density at radius 3 is 1.50 bits per heavy atom. The maximum Gasteiger partial charge on any atom is 0.303 e. The van der Waals surface area contributed by atoms with Crippen LogP contribution in [0.15, 0.2) is 40.6 Å². The van der Waals surface area contributed by atoms with E-state index in [4.69, 9.17) is 23.7 Å². The molecule has 8 aliphatic carbocycles. The van der Waals surface area contributed by atoms with Gasteiger partial charge in [0.15, 0.2) is 5.69 Å². The van der Waals surface area contributed by atoms with Crippen LogP contribution >= 0.6 is 0 Å². The lowest BCUT2D eigenvalue weighted by Gasteiger charge is -2.59. The number of aromatic hydroxyl groups is 1. The summed E-state index contributed by atoms with van der Waals surface area (Å²) in [5, 5.41) is 43.3. The molecule has 14 heteroatoms. The predicted octanol–water partition coefficient (Wildman–Crippen LogP) is 8.89. The Bertz CT molecular complexity index is 1680. The van der Waals surface area contributed by atoms with E-state index in [2.05, 4.69) is 10.2 Å². The molecule has 0 spiro atoms. The van der Waals surface area contributed by atoms with E-state index in [0.717, 1.165) is 86.2 Å². The zero-order valence-corrected chi connectivity index (χ0v) is 32.1. The molecule has 2 aromatic rings. The third kappa shape index (κ3) is 7.71. The first-order chi connectivity index (χ1) is 27.1. The standard InChI is InChI=1S/C42H54N4O10/c47-40-32-13-34(43-44-36-2-1-35(45(48)49)15-37(36)46(50)51)14-33(40)23-54-25-39(42-19-29-10-30(20-42)12-31(11-29)21-42)56-6-4-52-3-5-55-38(24-53-22-32)41-16-26-7-27(17-41)9-28(8-26)18-41/h1-2,13-15,26-31,38-39,47H,3-12,16-25H2/t26?,27?,28?,29?,30?,31?,38-,39?,41?,42?/m1/s1. The van der Waals surface area contributed by atoms with Crippen molar-refractivity contribution in [1.29, 1.82) is 0 Å².